The lowest BCUT2D eigenvalue weighted by Crippen LogP contribution is -2.13. The maximum absolute atomic E-state index is 12.1. The molecule has 0 bridgehead atoms. The monoisotopic (exact) mass is 270 g/mol. The van der Waals surface area contributed by atoms with Crippen LogP contribution in [0.2, 0.25) is 0 Å². The molecule has 1 aliphatic carbocycles. The lowest BCUT2D eigenvalue weighted by Gasteiger charge is -2.04. The minimum absolute atomic E-state index is 0.199. The zero-order valence-electron chi connectivity index (χ0n) is 11.6. The quantitative estimate of drug-likeness (QED) is 0.855. The third-order valence-corrected chi connectivity index (χ3v) is 3.91. The van der Waals surface area contributed by atoms with E-state index in [1.807, 2.05) is 31.2 Å². The first-order chi connectivity index (χ1) is 9.72. The highest BCUT2D eigenvalue weighted by atomic mass is 16.5. The molecule has 1 fully saturated rings. The number of carbonyl (C=O) groups is 1. The maximum Gasteiger partial charge on any atom is 0.234 e. The molecule has 2 aromatic rings. The fraction of sp³-hybridized carbons (Fsp3) is 0.438. The van der Waals surface area contributed by atoms with Gasteiger partial charge in [-0.25, -0.2) is 0 Å². The van der Waals surface area contributed by atoms with Crippen LogP contribution in [0.15, 0.2) is 28.8 Å². The Morgan fingerprint density at radius 1 is 1.25 bits per heavy atom. The van der Waals surface area contributed by atoms with Crippen molar-refractivity contribution in [2.75, 3.05) is 0 Å². The van der Waals surface area contributed by atoms with E-state index >= 15 is 0 Å². The SMILES string of the molecule is Cc1ccc(-c2noc(CC(=O)C3CCCC3)n2)cc1. The largest absolute Gasteiger partial charge is 0.339 e. The fourth-order valence-corrected chi connectivity index (χ4v) is 2.69. The molecular weight excluding hydrogens is 252 g/mol. The molecule has 1 aliphatic rings. The minimum Gasteiger partial charge on any atom is -0.339 e. The summed E-state index contributed by atoms with van der Waals surface area (Å²) < 4.78 is 5.20. The molecular formula is C16H18N2O2. The number of hydrogen-bond donors (Lipinski definition) is 0. The molecule has 1 aromatic carbocycles. The van der Waals surface area contributed by atoms with E-state index in [-0.39, 0.29) is 18.1 Å². The molecule has 0 unspecified atom stereocenters. The first kappa shape index (κ1) is 13.0. The highest BCUT2D eigenvalue weighted by molar-refractivity contribution is 5.82. The number of rotatable bonds is 4. The summed E-state index contributed by atoms with van der Waals surface area (Å²) in [5, 5.41) is 3.96. The third-order valence-electron chi connectivity index (χ3n) is 3.91. The summed E-state index contributed by atoms with van der Waals surface area (Å²) in [7, 11) is 0. The summed E-state index contributed by atoms with van der Waals surface area (Å²) >= 11 is 0. The van der Waals surface area contributed by atoms with Crippen LogP contribution in [0.4, 0.5) is 0 Å². The van der Waals surface area contributed by atoms with Crippen molar-refractivity contribution in [1.82, 2.24) is 10.1 Å². The van der Waals surface area contributed by atoms with Gasteiger partial charge in [-0.05, 0) is 19.8 Å². The Kier molecular flexibility index (Phi) is 3.63. The van der Waals surface area contributed by atoms with Crippen molar-refractivity contribution in [2.24, 2.45) is 5.92 Å². The van der Waals surface area contributed by atoms with Crippen LogP contribution in [0.25, 0.3) is 11.4 Å². The predicted octanol–water partition coefficient (Wildman–Crippen LogP) is 3.35. The summed E-state index contributed by atoms with van der Waals surface area (Å²) in [6, 6.07) is 7.94. The molecule has 1 saturated carbocycles. The van der Waals surface area contributed by atoms with Crippen LogP contribution >= 0.6 is 0 Å². The standard InChI is InChI=1S/C16H18N2O2/c1-11-6-8-13(9-7-11)16-17-15(20-18-16)10-14(19)12-4-2-3-5-12/h6-9,12H,2-5,10H2,1H3. The number of ketones is 1. The molecule has 20 heavy (non-hydrogen) atoms. The van der Waals surface area contributed by atoms with Gasteiger partial charge >= 0.3 is 0 Å². The second-order valence-electron chi connectivity index (χ2n) is 5.50. The summed E-state index contributed by atoms with van der Waals surface area (Å²) in [5.41, 5.74) is 2.10. The smallest absolute Gasteiger partial charge is 0.234 e. The van der Waals surface area contributed by atoms with Crippen LogP contribution in [0.1, 0.15) is 37.1 Å². The van der Waals surface area contributed by atoms with Gasteiger partial charge in [0.1, 0.15) is 5.78 Å². The van der Waals surface area contributed by atoms with Crippen molar-refractivity contribution in [2.45, 2.75) is 39.0 Å². The lowest BCUT2D eigenvalue weighted by atomic mass is 10.0. The van der Waals surface area contributed by atoms with Crippen molar-refractivity contribution in [3.05, 3.63) is 35.7 Å². The van der Waals surface area contributed by atoms with E-state index in [0.717, 1.165) is 31.2 Å². The summed E-state index contributed by atoms with van der Waals surface area (Å²) in [6.45, 7) is 2.03. The number of aromatic nitrogens is 2. The number of Topliss-reactive ketones (excluding diaryl/α,β-unsaturated/α-hetero) is 1. The van der Waals surface area contributed by atoms with E-state index in [1.165, 1.54) is 5.56 Å². The van der Waals surface area contributed by atoms with Gasteiger partial charge in [-0.2, -0.15) is 4.98 Å². The van der Waals surface area contributed by atoms with Crippen LogP contribution in [0.5, 0.6) is 0 Å². The predicted molar refractivity (Wildman–Crippen MR) is 75.1 cm³/mol. The van der Waals surface area contributed by atoms with E-state index in [2.05, 4.69) is 10.1 Å². The Hall–Kier alpha value is -1.97. The van der Waals surface area contributed by atoms with Crippen LogP contribution in [-0.2, 0) is 11.2 Å². The molecule has 0 amide bonds. The second kappa shape index (κ2) is 5.57. The highest BCUT2D eigenvalue weighted by Crippen LogP contribution is 2.26. The summed E-state index contributed by atoms with van der Waals surface area (Å²) in [6.07, 6.45) is 4.61. The van der Waals surface area contributed by atoms with Crippen molar-refractivity contribution >= 4 is 5.78 Å². The average molecular weight is 270 g/mol. The van der Waals surface area contributed by atoms with Crippen molar-refractivity contribution < 1.29 is 9.32 Å². The Balaban J connectivity index is 1.70. The van der Waals surface area contributed by atoms with Crippen LogP contribution in [0.3, 0.4) is 0 Å². The molecule has 0 N–H and O–H groups in total. The Labute approximate surface area is 118 Å². The number of aryl methyl sites for hydroxylation is 1. The lowest BCUT2D eigenvalue weighted by molar-refractivity contribution is -0.122. The second-order valence-corrected chi connectivity index (χ2v) is 5.50. The van der Waals surface area contributed by atoms with Gasteiger partial charge in [-0.15, -0.1) is 0 Å². The zero-order chi connectivity index (χ0) is 13.9. The molecule has 1 heterocycles. The van der Waals surface area contributed by atoms with Gasteiger partial charge in [0.2, 0.25) is 11.7 Å². The number of hydrogen-bond acceptors (Lipinski definition) is 4. The van der Waals surface area contributed by atoms with E-state index in [0.29, 0.717) is 11.7 Å². The minimum atomic E-state index is 0.199. The molecule has 0 saturated heterocycles. The maximum atomic E-state index is 12.1. The Bertz CT molecular complexity index is 595. The van der Waals surface area contributed by atoms with Crippen molar-refractivity contribution in [1.29, 1.82) is 0 Å². The molecule has 3 rings (SSSR count). The van der Waals surface area contributed by atoms with E-state index < -0.39 is 0 Å². The molecule has 0 atom stereocenters. The molecule has 4 heteroatoms. The molecule has 104 valence electrons. The van der Waals surface area contributed by atoms with Gasteiger partial charge in [-0.1, -0.05) is 47.8 Å². The normalized spacial score (nSPS) is 15.7. The number of nitrogens with zero attached hydrogens (tertiary/aromatic N) is 2. The van der Waals surface area contributed by atoms with Gasteiger partial charge in [-0.3, -0.25) is 4.79 Å². The average Bonchev–Trinajstić information content (AvgIpc) is 3.10. The highest BCUT2D eigenvalue weighted by Gasteiger charge is 2.24. The summed E-state index contributed by atoms with van der Waals surface area (Å²) in [5.74, 6) is 1.42. The first-order valence-corrected chi connectivity index (χ1v) is 7.15. The summed E-state index contributed by atoms with van der Waals surface area (Å²) in [4.78, 5) is 16.4. The zero-order valence-corrected chi connectivity index (χ0v) is 11.6. The van der Waals surface area contributed by atoms with Crippen LogP contribution in [-0.4, -0.2) is 15.9 Å². The topological polar surface area (TPSA) is 56.0 Å². The van der Waals surface area contributed by atoms with E-state index in [4.69, 9.17) is 4.52 Å². The number of carbonyl (C=O) groups excluding carboxylic acids is 1. The van der Waals surface area contributed by atoms with Gasteiger partial charge in [0.05, 0.1) is 6.42 Å². The van der Waals surface area contributed by atoms with Crippen molar-refractivity contribution in [3.63, 3.8) is 0 Å². The Morgan fingerprint density at radius 2 is 1.95 bits per heavy atom. The molecule has 0 spiro atoms. The van der Waals surface area contributed by atoms with Gasteiger partial charge in [0.15, 0.2) is 0 Å². The van der Waals surface area contributed by atoms with Crippen molar-refractivity contribution in [3.8, 4) is 11.4 Å². The van der Waals surface area contributed by atoms with Crippen LogP contribution in [0, 0.1) is 12.8 Å². The molecule has 1 aromatic heterocycles. The Morgan fingerprint density at radius 3 is 2.65 bits per heavy atom. The molecule has 0 aliphatic heterocycles. The third kappa shape index (κ3) is 2.79. The van der Waals surface area contributed by atoms with E-state index in [1.54, 1.807) is 0 Å². The van der Waals surface area contributed by atoms with Gasteiger partial charge < -0.3 is 4.52 Å². The van der Waals surface area contributed by atoms with Crippen LogP contribution < -0.4 is 0 Å². The van der Waals surface area contributed by atoms with Gasteiger partial charge in [0, 0.05) is 11.5 Å². The van der Waals surface area contributed by atoms with Gasteiger partial charge in [0.25, 0.3) is 0 Å². The first-order valence-electron chi connectivity index (χ1n) is 7.15. The molecule has 0 radical (unpaired) electrons. The molecule has 4 nitrogen and oxygen atoms in total. The number of benzene rings is 1. The van der Waals surface area contributed by atoms with E-state index in [9.17, 15) is 4.79 Å². The fourth-order valence-electron chi connectivity index (χ4n) is 2.69.